The number of nitro groups is 1. The largest absolute Gasteiger partial charge is 0.378 e. The summed E-state index contributed by atoms with van der Waals surface area (Å²) in [6.07, 6.45) is 3.18. The molecule has 0 unspecified atom stereocenters. The minimum Gasteiger partial charge on any atom is -0.378 e. The Kier molecular flexibility index (Phi) is 6.32. The van der Waals surface area contributed by atoms with Crippen LogP contribution < -0.4 is 20.9 Å². The fourth-order valence-corrected chi connectivity index (χ4v) is 3.03. The smallest absolute Gasteiger partial charge is 0.324 e. The number of morpholine rings is 1. The first-order valence-electron chi connectivity index (χ1n) is 9.78. The van der Waals surface area contributed by atoms with Crippen molar-refractivity contribution < 1.29 is 14.5 Å². The zero-order valence-electron chi connectivity index (χ0n) is 16.9. The number of nitro benzene ring substituents is 1. The van der Waals surface area contributed by atoms with Gasteiger partial charge < -0.3 is 20.3 Å². The van der Waals surface area contributed by atoms with Crippen LogP contribution in [0.25, 0.3) is 0 Å². The van der Waals surface area contributed by atoms with E-state index < -0.39 is 11.0 Å². The van der Waals surface area contributed by atoms with Crippen molar-refractivity contribution in [2.75, 3.05) is 47.2 Å². The molecule has 12 heteroatoms. The molecule has 2 amide bonds. The number of nitrogens with one attached hydrogen (secondary N) is 3. The summed E-state index contributed by atoms with van der Waals surface area (Å²) in [5.41, 5.74) is 0.861. The fourth-order valence-electron chi connectivity index (χ4n) is 3.03. The number of rotatable bonds is 6. The molecule has 1 fully saturated rings. The van der Waals surface area contributed by atoms with Gasteiger partial charge in [-0.2, -0.15) is 4.98 Å². The molecule has 0 spiro atoms. The average molecular weight is 436 g/mol. The number of aromatic nitrogens is 3. The molecule has 1 aromatic carbocycles. The highest BCUT2D eigenvalue weighted by atomic mass is 16.6. The van der Waals surface area contributed by atoms with Crippen LogP contribution in [0.1, 0.15) is 0 Å². The maximum absolute atomic E-state index is 12.2. The van der Waals surface area contributed by atoms with Crippen LogP contribution in [-0.2, 0) is 4.74 Å². The van der Waals surface area contributed by atoms with Crippen molar-refractivity contribution in [1.29, 1.82) is 0 Å². The van der Waals surface area contributed by atoms with Gasteiger partial charge in [0.15, 0.2) is 0 Å². The summed E-state index contributed by atoms with van der Waals surface area (Å²) >= 11 is 0. The van der Waals surface area contributed by atoms with Crippen molar-refractivity contribution in [2.45, 2.75) is 0 Å². The number of nitrogens with zero attached hydrogens (tertiary/aromatic N) is 5. The molecule has 0 aliphatic carbocycles. The molecule has 4 rings (SSSR count). The molecule has 0 radical (unpaired) electrons. The maximum atomic E-state index is 12.2. The first kappa shape index (κ1) is 20.9. The zero-order valence-corrected chi connectivity index (χ0v) is 16.9. The molecule has 164 valence electrons. The van der Waals surface area contributed by atoms with E-state index in [1.54, 1.807) is 12.3 Å². The predicted octanol–water partition coefficient (Wildman–Crippen LogP) is 3.00. The Labute approximate surface area is 182 Å². The Morgan fingerprint density at radius 3 is 2.66 bits per heavy atom. The van der Waals surface area contributed by atoms with Crippen LogP contribution in [0.5, 0.6) is 0 Å². The molecule has 2 aromatic heterocycles. The molecule has 12 nitrogen and oxygen atoms in total. The monoisotopic (exact) mass is 436 g/mol. The highest BCUT2D eigenvalue weighted by Gasteiger charge is 2.12. The van der Waals surface area contributed by atoms with E-state index >= 15 is 0 Å². The molecule has 3 aromatic rings. The van der Waals surface area contributed by atoms with Crippen molar-refractivity contribution >= 4 is 40.7 Å². The molecule has 0 saturated carbocycles. The molecular weight excluding hydrogens is 416 g/mol. The second kappa shape index (κ2) is 9.66. The predicted molar refractivity (Wildman–Crippen MR) is 118 cm³/mol. The molecule has 3 N–H and O–H groups in total. The molecule has 3 heterocycles. The van der Waals surface area contributed by atoms with Crippen molar-refractivity contribution in [3.05, 3.63) is 65.0 Å². The van der Waals surface area contributed by atoms with Crippen LogP contribution >= 0.6 is 0 Å². The van der Waals surface area contributed by atoms with E-state index in [-0.39, 0.29) is 23.1 Å². The lowest BCUT2D eigenvalue weighted by atomic mass is 10.3. The third kappa shape index (κ3) is 5.43. The summed E-state index contributed by atoms with van der Waals surface area (Å²) in [5, 5.41) is 19.0. The third-order valence-electron chi connectivity index (χ3n) is 4.55. The summed E-state index contributed by atoms with van der Waals surface area (Å²) < 4.78 is 5.35. The van der Waals surface area contributed by atoms with E-state index in [1.807, 2.05) is 12.1 Å². The van der Waals surface area contributed by atoms with Gasteiger partial charge in [0, 0.05) is 37.1 Å². The summed E-state index contributed by atoms with van der Waals surface area (Å²) in [4.78, 5) is 37.6. The van der Waals surface area contributed by atoms with Gasteiger partial charge in [-0.3, -0.25) is 15.4 Å². The van der Waals surface area contributed by atoms with Crippen LogP contribution in [0.15, 0.2) is 54.9 Å². The number of carbonyl (C=O) groups excluding carboxylic acids is 1. The summed E-state index contributed by atoms with van der Waals surface area (Å²) in [6, 6.07) is 10.3. The number of carbonyl (C=O) groups is 1. The lowest BCUT2D eigenvalue weighted by Gasteiger charge is -2.27. The van der Waals surface area contributed by atoms with E-state index in [9.17, 15) is 14.9 Å². The van der Waals surface area contributed by atoms with Gasteiger partial charge in [0.05, 0.1) is 30.0 Å². The molecule has 0 atom stereocenters. The first-order chi connectivity index (χ1) is 15.6. The number of amides is 2. The van der Waals surface area contributed by atoms with Crippen LogP contribution in [-0.4, -0.2) is 52.2 Å². The highest BCUT2D eigenvalue weighted by Crippen LogP contribution is 2.19. The zero-order chi connectivity index (χ0) is 22.3. The van der Waals surface area contributed by atoms with Crippen molar-refractivity contribution in [2.24, 2.45) is 0 Å². The normalized spacial score (nSPS) is 13.3. The molecule has 32 heavy (non-hydrogen) atoms. The summed E-state index contributed by atoms with van der Waals surface area (Å²) in [7, 11) is 0. The van der Waals surface area contributed by atoms with E-state index in [0.29, 0.717) is 18.9 Å². The minimum absolute atomic E-state index is 0.121. The Hall–Kier alpha value is -4.32. The Morgan fingerprint density at radius 2 is 1.91 bits per heavy atom. The standard InChI is InChI=1S/C20H20N8O4/c29-20(24-14-2-1-3-16(12-14)28(30)31)26-17-6-7-21-19(25-17)23-15-4-5-18(22-13-15)27-8-10-32-11-9-27/h1-7,12-13H,8-11H2,(H3,21,23,24,25,26,29). The van der Waals surface area contributed by atoms with Crippen LogP contribution in [0.4, 0.5) is 39.4 Å². The number of benzene rings is 1. The number of anilines is 5. The van der Waals surface area contributed by atoms with Gasteiger partial charge in [0.25, 0.3) is 5.69 Å². The minimum atomic E-state index is -0.591. The Balaban J connectivity index is 1.36. The first-order valence-corrected chi connectivity index (χ1v) is 9.78. The molecule has 1 aliphatic heterocycles. The SMILES string of the molecule is O=C(Nc1cccc([N+](=O)[O-])c1)Nc1ccnc(Nc2ccc(N3CCOCC3)nc2)n1. The van der Waals surface area contributed by atoms with Gasteiger partial charge in [-0.1, -0.05) is 6.07 Å². The second-order valence-corrected chi connectivity index (χ2v) is 6.78. The van der Waals surface area contributed by atoms with Gasteiger partial charge in [-0.15, -0.1) is 0 Å². The van der Waals surface area contributed by atoms with Crippen LogP contribution in [0.2, 0.25) is 0 Å². The van der Waals surface area contributed by atoms with E-state index in [0.717, 1.165) is 18.9 Å². The van der Waals surface area contributed by atoms with Crippen molar-refractivity contribution in [3.8, 4) is 0 Å². The lowest BCUT2D eigenvalue weighted by Crippen LogP contribution is -2.36. The fraction of sp³-hybridized carbons (Fsp3) is 0.200. The third-order valence-corrected chi connectivity index (χ3v) is 4.55. The number of hydrogen-bond donors (Lipinski definition) is 3. The number of hydrogen-bond acceptors (Lipinski definition) is 9. The number of non-ortho nitro benzene ring substituents is 1. The average Bonchev–Trinajstić information content (AvgIpc) is 2.80. The number of ether oxygens (including phenoxy) is 1. The molecule has 0 bridgehead atoms. The number of urea groups is 1. The number of pyridine rings is 1. The maximum Gasteiger partial charge on any atom is 0.324 e. The van der Waals surface area contributed by atoms with E-state index in [1.165, 1.54) is 30.5 Å². The van der Waals surface area contributed by atoms with E-state index in [4.69, 9.17) is 4.74 Å². The van der Waals surface area contributed by atoms with Gasteiger partial charge >= 0.3 is 6.03 Å². The summed E-state index contributed by atoms with van der Waals surface area (Å²) in [6.45, 7) is 2.97. The molecular formula is C20H20N8O4. The van der Waals surface area contributed by atoms with Gasteiger partial charge in [-0.05, 0) is 24.3 Å². The summed E-state index contributed by atoms with van der Waals surface area (Å²) in [5.74, 6) is 1.40. The molecule has 1 saturated heterocycles. The van der Waals surface area contributed by atoms with Crippen LogP contribution in [0.3, 0.4) is 0 Å². The topological polar surface area (TPSA) is 147 Å². The lowest BCUT2D eigenvalue weighted by molar-refractivity contribution is -0.384. The van der Waals surface area contributed by atoms with Gasteiger partial charge in [-0.25, -0.2) is 14.8 Å². The molecule has 1 aliphatic rings. The second-order valence-electron chi connectivity index (χ2n) is 6.78. The van der Waals surface area contributed by atoms with Crippen molar-refractivity contribution in [3.63, 3.8) is 0 Å². The van der Waals surface area contributed by atoms with Crippen LogP contribution in [0, 0.1) is 10.1 Å². The highest BCUT2D eigenvalue weighted by molar-refractivity contribution is 5.99. The van der Waals surface area contributed by atoms with Gasteiger partial charge in [0.2, 0.25) is 5.95 Å². The van der Waals surface area contributed by atoms with Gasteiger partial charge in [0.1, 0.15) is 11.6 Å². The van der Waals surface area contributed by atoms with Crippen molar-refractivity contribution in [1.82, 2.24) is 15.0 Å². The van der Waals surface area contributed by atoms with E-state index in [2.05, 4.69) is 35.8 Å². The Morgan fingerprint density at radius 1 is 1.06 bits per heavy atom. The Bertz CT molecular complexity index is 1100. The quantitative estimate of drug-likeness (QED) is 0.392.